The first kappa shape index (κ1) is 14.3. The number of carbonyl (C=O) groups is 1. The summed E-state index contributed by atoms with van der Waals surface area (Å²) >= 11 is 0. The standard InChI is InChI=1S/C15H19N3O2/c1-4-20-15(19)12-5-7-14(8-6-12)18-10-13(9-16-3)11(2)17-18/h5-8,10,16H,4,9H2,1-3H3. The van der Waals surface area contributed by atoms with Crippen molar-refractivity contribution in [2.45, 2.75) is 20.4 Å². The number of nitrogens with one attached hydrogen (secondary N) is 1. The van der Waals surface area contributed by atoms with E-state index in [9.17, 15) is 4.79 Å². The van der Waals surface area contributed by atoms with Crippen LogP contribution < -0.4 is 5.32 Å². The van der Waals surface area contributed by atoms with Gasteiger partial charge in [0.25, 0.3) is 0 Å². The van der Waals surface area contributed by atoms with Crippen molar-refractivity contribution in [1.29, 1.82) is 0 Å². The topological polar surface area (TPSA) is 56.1 Å². The van der Waals surface area contributed by atoms with Crippen molar-refractivity contribution >= 4 is 5.97 Å². The molecule has 1 aromatic carbocycles. The van der Waals surface area contributed by atoms with Crippen molar-refractivity contribution in [2.75, 3.05) is 13.7 Å². The van der Waals surface area contributed by atoms with Crippen LogP contribution in [0.5, 0.6) is 0 Å². The van der Waals surface area contributed by atoms with Gasteiger partial charge in [0.1, 0.15) is 0 Å². The third kappa shape index (κ3) is 3.05. The second kappa shape index (κ2) is 6.34. The Morgan fingerprint density at radius 1 is 1.35 bits per heavy atom. The SMILES string of the molecule is CCOC(=O)c1ccc(-n2cc(CNC)c(C)n2)cc1. The molecule has 0 bridgehead atoms. The number of ether oxygens (including phenoxy) is 1. The Hall–Kier alpha value is -2.14. The summed E-state index contributed by atoms with van der Waals surface area (Å²) in [5, 5.41) is 7.58. The van der Waals surface area contributed by atoms with Gasteiger partial charge in [-0.1, -0.05) is 0 Å². The second-order valence-electron chi connectivity index (χ2n) is 4.48. The smallest absolute Gasteiger partial charge is 0.338 e. The lowest BCUT2D eigenvalue weighted by Crippen LogP contribution is -2.05. The largest absolute Gasteiger partial charge is 0.462 e. The van der Waals surface area contributed by atoms with Gasteiger partial charge >= 0.3 is 5.97 Å². The molecule has 0 atom stereocenters. The molecule has 0 spiro atoms. The van der Waals surface area contributed by atoms with Gasteiger partial charge in [-0.2, -0.15) is 5.10 Å². The Morgan fingerprint density at radius 3 is 2.65 bits per heavy atom. The summed E-state index contributed by atoms with van der Waals surface area (Å²) in [5.74, 6) is -0.299. The van der Waals surface area contributed by atoms with Crippen LogP contribution in [-0.4, -0.2) is 29.4 Å². The van der Waals surface area contributed by atoms with Crippen molar-refractivity contribution in [3.63, 3.8) is 0 Å². The van der Waals surface area contributed by atoms with E-state index in [-0.39, 0.29) is 5.97 Å². The Balaban J connectivity index is 2.21. The zero-order chi connectivity index (χ0) is 14.5. The summed E-state index contributed by atoms with van der Waals surface area (Å²) in [6, 6.07) is 7.23. The van der Waals surface area contributed by atoms with Gasteiger partial charge in [0.2, 0.25) is 0 Å². The Labute approximate surface area is 118 Å². The highest BCUT2D eigenvalue weighted by Crippen LogP contribution is 2.13. The molecular weight excluding hydrogens is 254 g/mol. The molecule has 0 amide bonds. The van der Waals surface area contributed by atoms with Crippen LogP contribution in [0.3, 0.4) is 0 Å². The number of aromatic nitrogens is 2. The molecule has 106 valence electrons. The van der Waals surface area contributed by atoms with Crippen molar-refractivity contribution in [1.82, 2.24) is 15.1 Å². The third-order valence-corrected chi connectivity index (χ3v) is 3.01. The molecular formula is C15H19N3O2. The Bertz CT molecular complexity index is 588. The minimum Gasteiger partial charge on any atom is -0.462 e. The quantitative estimate of drug-likeness (QED) is 0.847. The predicted octanol–water partition coefficient (Wildman–Crippen LogP) is 2.08. The summed E-state index contributed by atoms with van der Waals surface area (Å²) < 4.78 is 6.78. The van der Waals surface area contributed by atoms with Gasteiger partial charge in [-0.25, -0.2) is 9.48 Å². The van der Waals surface area contributed by atoms with E-state index < -0.39 is 0 Å². The van der Waals surface area contributed by atoms with E-state index in [0.717, 1.165) is 23.5 Å². The fourth-order valence-corrected chi connectivity index (χ4v) is 1.96. The van der Waals surface area contributed by atoms with Gasteiger partial charge in [0.15, 0.2) is 0 Å². The van der Waals surface area contributed by atoms with Crippen molar-refractivity contribution in [2.24, 2.45) is 0 Å². The summed E-state index contributed by atoms with van der Waals surface area (Å²) in [6.45, 7) is 4.94. The molecule has 0 aliphatic carbocycles. The average molecular weight is 273 g/mol. The van der Waals surface area contributed by atoms with E-state index in [1.807, 2.05) is 37.0 Å². The number of aryl methyl sites for hydroxylation is 1. The van der Waals surface area contributed by atoms with Gasteiger partial charge in [0, 0.05) is 18.3 Å². The first-order valence-corrected chi connectivity index (χ1v) is 6.63. The minimum atomic E-state index is -0.299. The van der Waals surface area contributed by atoms with Crippen LogP contribution in [-0.2, 0) is 11.3 Å². The van der Waals surface area contributed by atoms with Gasteiger partial charge in [0.05, 0.1) is 23.6 Å². The number of benzene rings is 1. The number of esters is 1. The molecule has 0 aliphatic heterocycles. The van der Waals surface area contributed by atoms with Crippen LogP contribution in [0.4, 0.5) is 0 Å². The molecule has 0 saturated carbocycles. The highest BCUT2D eigenvalue weighted by atomic mass is 16.5. The van der Waals surface area contributed by atoms with E-state index in [4.69, 9.17) is 4.74 Å². The van der Waals surface area contributed by atoms with Crippen LogP contribution in [0.25, 0.3) is 5.69 Å². The van der Waals surface area contributed by atoms with Crippen LogP contribution in [0.1, 0.15) is 28.5 Å². The third-order valence-electron chi connectivity index (χ3n) is 3.01. The maximum absolute atomic E-state index is 11.6. The van der Waals surface area contributed by atoms with Crippen molar-refractivity contribution < 1.29 is 9.53 Å². The molecule has 20 heavy (non-hydrogen) atoms. The molecule has 5 nitrogen and oxygen atoms in total. The molecule has 1 heterocycles. The van der Waals surface area contributed by atoms with E-state index in [2.05, 4.69) is 10.4 Å². The number of hydrogen-bond acceptors (Lipinski definition) is 4. The van der Waals surface area contributed by atoms with Crippen LogP contribution in [0.2, 0.25) is 0 Å². The number of hydrogen-bond donors (Lipinski definition) is 1. The maximum Gasteiger partial charge on any atom is 0.338 e. The summed E-state index contributed by atoms with van der Waals surface area (Å²) in [7, 11) is 1.91. The van der Waals surface area contributed by atoms with E-state index in [1.165, 1.54) is 0 Å². The fraction of sp³-hybridized carbons (Fsp3) is 0.333. The molecule has 1 N–H and O–H groups in total. The maximum atomic E-state index is 11.6. The summed E-state index contributed by atoms with van der Waals surface area (Å²) in [5.41, 5.74) is 3.62. The molecule has 0 aliphatic rings. The van der Waals surface area contributed by atoms with Crippen LogP contribution in [0.15, 0.2) is 30.5 Å². The average Bonchev–Trinajstić information content (AvgIpc) is 2.81. The Kier molecular flexibility index (Phi) is 4.53. The first-order chi connectivity index (χ1) is 9.65. The van der Waals surface area contributed by atoms with Crippen molar-refractivity contribution in [3.05, 3.63) is 47.3 Å². The molecule has 0 radical (unpaired) electrons. The number of rotatable bonds is 5. The fourth-order valence-electron chi connectivity index (χ4n) is 1.96. The molecule has 2 rings (SSSR count). The normalized spacial score (nSPS) is 10.6. The first-order valence-electron chi connectivity index (χ1n) is 6.63. The van der Waals surface area contributed by atoms with E-state index in [0.29, 0.717) is 12.2 Å². The summed E-state index contributed by atoms with van der Waals surface area (Å²) in [6.07, 6.45) is 1.99. The highest BCUT2D eigenvalue weighted by molar-refractivity contribution is 5.89. The van der Waals surface area contributed by atoms with Gasteiger partial charge < -0.3 is 10.1 Å². The van der Waals surface area contributed by atoms with Crippen molar-refractivity contribution in [3.8, 4) is 5.69 Å². The minimum absolute atomic E-state index is 0.299. The lowest BCUT2D eigenvalue weighted by Gasteiger charge is -2.04. The van der Waals surface area contributed by atoms with Crippen LogP contribution in [0, 0.1) is 6.92 Å². The molecule has 5 heteroatoms. The second-order valence-corrected chi connectivity index (χ2v) is 4.48. The predicted molar refractivity (Wildman–Crippen MR) is 77.0 cm³/mol. The summed E-state index contributed by atoms with van der Waals surface area (Å²) in [4.78, 5) is 11.6. The molecule has 0 unspecified atom stereocenters. The zero-order valence-electron chi connectivity index (χ0n) is 12.0. The monoisotopic (exact) mass is 273 g/mol. The number of nitrogens with zero attached hydrogens (tertiary/aromatic N) is 2. The molecule has 0 saturated heterocycles. The molecule has 2 aromatic rings. The molecule has 1 aromatic heterocycles. The van der Waals surface area contributed by atoms with Gasteiger partial charge in [-0.05, 0) is 45.2 Å². The lowest BCUT2D eigenvalue weighted by molar-refractivity contribution is 0.0526. The lowest BCUT2D eigenvalue weighted by atomic mass is 10.2. The zero-order valence-corrected chi connectivity index (χ0v) is 12.0. The number of carbonyl (C=O) groups excluding carboxylic acids is 1. The van der Waals surface area contributed by atoms with Crippen LogP contribution >= 0.6 is 0 Å². The van der Waals surface area contributed by atoms with E-state index in [1.54, 1.807) is 19.1 Å². The molecule has 0 fully saturated rings. The van der Waals surface area contributed by atoms with Gasteiger partial charge in [-0.3, -0.25) is 0 Å². The van der Waals surface area contributed by atoms with Gasteiger partial charge in [-0.15, -0.1) is 0 Å². The highest BCUT2D eigenvalue weighted by Gasteiger charge is 2.08. The van der Waals surface area contributed by atoms with E-state index >= 15 is 0 Å². The Morgan fingerprint density at radius 2 is 2.05 bits per heavy atom.